The number of thioether (sulfide) groups is 1. The third-order valence-corrected chi connectivity index (χ3v) is 9.76. The third-order valence-electron chi connectivity index (χ3n) is 7.94. The number of ether oxygens (including phenoxy) is 2. The molecular weight excluding hydrogens is 696 g/mol. The smallest absolute Gasteiger partial charge is 0.477 e. The number of para-hydroxylation sites is 1. The first-order chi connectivity index (χ1) is 23.9. The molecule has 3 heterocycles. The van der Waals surface area contributed by atoms with E-state index < -0.39 is 58.6 Å². The average Bonchev–Trinajstić information content (AvgIpc) is 3.10. The highest BCUT2D eigenvalue weighted by molar-refractivity contribution is 8.00. The summed E-state index contributed by atoms with van der Waals surface area (Å²) in [5.74, 6) is -4.58. The van der Waals surface area contributed by atoms with E-state index in [-0.39, 0.29) is 38.7 Å². The molecule has 3 atom stereocenters. The molecule has 0 aliphatic carbocycles. The van der Waals surface area contributed by atoms with Gasteiger partial charge in [0.25, 0.3) is 17.4 Å². The summed E-state index contributed by atoms with van der Waals surface area (Å²) in [6.07, 6.45) is -1.11. The Balaban J connectivity index is 1.30. The fourth-order valence-electron chi connectivity index (χ4n) is 5.58. The van der Waals surface area contributed by atoms with E-state index in [0.29, 0.717) is 21.5 Å². The molecule has 3 N–H and O–H groups in total. The van der Waals surface area contributed by atoms with E-state index in [0.717, 1.165) is 12.0 Å². The van der Waals surface area contributed by atoms with Gasteiger partial charge in [-0.3, -0.25) is 24.1 Å². The number of carboxylic acids is 1. The van der Waals surface area contributed by atoms with Gasteiger partial charge in [0, 0.05) is 5.75 Å². The summed E-state index contributed by atoms with van der Waals surface area (Å²) in [6.45, 7) is 1.62. The molecule has 15 nitrogen and oxygen atoms in total. The summed E-state index contributed by atoms with van der Waals surface area (Å²) in [5, 5.41) is 13.7. The molecule has 1 saturated heterocycles. The average molecular weight is 721 g/mol. The molecule has 1 fully saturated rings. The second kappa shape index (κ2) is 13.6. The van der Waals surface area contributed by atoms with Gasteiger partial charge in [0.15, 0.2) is 11.3 Å². The Morgan fingerprint density at radius 1 is 1.02 bits per heavy atom. The monoisotopic (exact) mass is 720 g/mol. The number of benzene rings is 3. The maximum absolute atomic E-state index is 13.7. The Bertz CT molecular complexity index is 2250. The number of halogens is 1. The molecule has 2 aliphatic rings. The number of β-lactam (4-membered cyclic amide) rings is 1. The lowest BCUT2D eigenvalue weighted by Gasteiger charge is -2.49. The Morgan fingerprint density at radius 3 is 2.44 bits per heavy atom. The summed E-state index contributed by atoms with van der Waals surface area (Å²) in [5.41, 5.74) is -0.907. The van der Waals surface area contributed by atoms with E-state index in [1.54, 1.807) is 37.3 Å². The van der Waals surface area contributed by atoms with Crippen LogP contribution in [0.15, 0.2) is 92.0 Å². The highest BCUT2D eigenvalue weighted by atomic mass is 35.5. The van der Waals surface area contributed by atoms with Crippen LogP contribution in [0.3, 0.4) is 0 Å². The van der Waals surface area contributed by atoms with Crippen LogP contribution in [0.2, 0.25) is 5.02 Å². The van der Waals surface area contributed by atoms with Crippen LogP contribution in [0.25, 0.3) is 16.7 Å². The molecule has 2 aliphatic heterocycles. The summed E-state index contributed by atoms with van der Waals surface area (Å²) in [6, 6.07) is 13.7. The van der Waals surface area contributed by atoms with Gasteiger partial charge in [0.1, 0.15) is 23.2 Å². The van der Waals surface area contributed by atoms with E-state index in [1.165, 1.54) is 48.2 Å². The lowest BCUT2D eigenvalue weighted by Crippen LogP contribution is -2.71. The van der Waals surface area contributed by atoms with Crippen LogP contribution in [0.1, 0.15) is 28.9 Å². The zero-order chi connectivity index (χ0) is 35.9. The molecular formula is C33H25ClN4O11S. The first kappa shape index (κ1) is 34.0. The number of nitrogens with one attached hydrogen (secondary N) is 2. The molecule has 6 rings (SSSR count). The van der Waals surface area contributed by atoms with Crippen molar-refractivity contribution in [1.29, 1.82) is 0 Å². The summed E-state index contributed by atoms with van der Waals surface area (Å²) in [7, 11) is 1.07. The number of aliphatic carboxylic acids is 1. The summed E-state index contributed by atoms with van der Waals surface area (Å²) in [4.78, 5) is 91.7. The van der Waals surface area contributed by atoms with Crippen LogP contribution in [0.5, 0.6) is 5.75 Å². The van der Waals surface area contributed by atoms with Gasteiger partial charge in [-0.1, -0.05) is 54.1 Å². The number of carbonyl (C=O) groups excluding carboxylic acids is 4. The van der Waals surface area contributed by atoms with Gasteiger partial charge in [-0.05, 0) is 42.3 Å². The maximum atomic E-state index is 13.7. The van der Waals surface area contributed by atoms with Gasteiger partial charge in [-0.25, -0.2) is 19.0 Å². The number of methoxy groups -OCH3 is 1. The van der Waals surface area contributed by atoms with Crippen molar-refractivity contribution in [1.82, 2.24) is 20.1 Å². The molecule has 50 heavy (non-hydrogen) atoms. The van der Waals surface area contributed by atoms with Crippen molar-refractivity contribution in [3.05, 3.63) is 115 Å². The van der Waals surface area contributed by atoms with Crippen LogP contribution in [-0.2, 0) is 19.1 Å². The third kappa shape index (κ3) is 5.98. The lowest BCUT2D eigenvalue weighted by atomic mass is 10.0. The summed E-state index contributed by atoms with van der Waals surface area (Å²) < 4.78 is 15.4. The lowest BCUT2D eigenvalue weighted by molar-refractivity contribution is -0.151. The first-order valence-electron chi connectivity index (χ1n) is 14.7. The van der Waals surface area contributed by atoms with E-state index in [4.69, 9.17) is 20.8 Å². The second-order valence-corrected chi connectivity index (χ2v) is 12.5. The van der Waals surface area contributed by atoms with Crippen molar-refractivity contribution in [3.8, 4) is 11.4 Å². The van der Waals surface area contributed by atoms with Crippen molar-refractivity contribution in [2.45, 2.75) is 24.4 Å². The van der Waals surface area contributed by atoms with E-state index in [1.807, 2.05) is 0 Å². The molecule has 0 bridgehead atoms. The molecule has 0 unspecified atom stereocenters. The topological polar surface area (TPSA) is 204 Å². The maximum Gasteiger partial charge on any atom is 0.513 e. The first-order valence-corrected chi connectivity index (χ1v) is 16.1. The number of nitrogens with zero attached hydrogens (tertiary/aromatic N) is 2. The Kier molecular flexibility index (Phi) is 9.22. The molecule has 0 spiro atoms. The highest BCUT2D eigenvalue weighted by Gasteiger charge is 2.54. The second-order valence-electron chi connectivity index (χ2n) is 11.0. The van der Waals surface area contributed by atoms with Crippen molar-refractivity contribution in [2.75, 3.05) is 12.9 Å². The van der Waals surface area contributed by atoms with E-state index >= 15 is 0 Å². The van der Waals surface area contributed by atoms with Crippen LogP contribution in [-0.4, -0.2) is 68.7 Å². The molecule has 0 saturated carbocycles. The fraction of sp³-hybridized carbons (Fsp3) is 0.182. The number of aromatic nitrogens is 1. The zero-order valence-corrected chi connectivity index (χ0v) is 27.6. The SMILES string of the molecule is COC(=O)Oc1cccc2c(=O)n(-c3cccc(C(=O)N[C@@H](C(=O)N[C@@H]4C(=O)N5C(C(=O)O)=C(C)CS[C@H]45)c4ccccc4)c3Cl)c(=O)oc12. The number of hydrogen-bond acceptors (Lipinski definition) is 11. The minimum absolute atomic E-state index is 0.124. The molecule has 0 radical (unpaired) electrons. The number of carboxylic acid groups (broad SMARTS) is 1. The zero-order valence-electron chi connectivity index (χ0n) is 26.0. The minimum atomic E-state index is -1.35. The molecule has 4 aromatic rings. The van der Waals surface area contributed by atoms with E-state index in [2.05, 4.69) is 15.4 Å². The largest absolute Gasteiger partial charge is 0.513 e. The molecule has 17 heteroatoms. The normalized spacial score (nSPS) is 17.3. The number of fused-ring (bicyclic) bond motifs is 2. The number of hydrogen-bond donors (Lipinski definition) is 3. The number of amides is 3. The van der Waals surface area contributed by atoms with Gasteiger partial charge in [0.2, 0.25) is 5.91 Å². The Labute approximate surface area is 290 Å². The molecule has 3 amide bonds. The Morgan fingerprint density at radius 2 is 1.74 bits per heavy atom. The van der Waals surface area contributed by atoms with E-state index in [9.17, 15) is 38.7 Å². The van der Waals surface area contributed by atoms with Crippen LogP contribution in [0, 0.1) is 0 Å². The standard InChI is InChI=1S/C33H25ClN4O11S/c1-15-14-50-30-23(29(42)38(30)24(15)31(43)44)36-27(40)22(16-8-4-3-5-9-16)35-26(39)17-10-6-12-19(21(17)34)37-28(41)18-11-7-13-20(48-33(46)47-2)25(18)49-32(37)45/h3-13,22-23,30H,14H2,1-2H3,(H,35,39)(H,36,40)(H,43,44)/t22-,23-,30-/m1/s1. The van der Waals surface area contributed by atoms with Gasteiger partial charge in [-0.15, -0.1) is 11.8 Å². The van der Waals surface area contributed by atoms with Crippen LogP contribution in [0.4, 0.5) is 4.79 Å². The van der Waals surface area contributed by atoms with Crippen molar-refractivity contribution >= 4 is 64.2 Å². The molecule has 1 aromatic heterocycles. The van der Waals surface area contributed by atoms with Gasteiger partial charge in [-0.2, -0.15) is 0 Å². The minimum Gasteiger partial charge on any atom is -0.477 e. The van der Waals surface area contributed by atoms with Crippen LogP contribution >= 0.6 is 23.4 Å². The predicted octanol–water partition coefficient (Wildman–Crippen LogP) is 2.97. The quantitative estimate of drug-likeness (QED) is 0.137. The molecule has 3 aromatic carbocycles. The number of carbonyl (C=O) groups is 5. The van der Waals surface area contributed by atoms with Gasteiger partial charge >= 0.3 is 17.9 Å². The summed E-state index contributed by atoms with van der Waals surface area (Å²) >= 11 is 7.93. The van der Waals surface area contributed by atoms with Gasteiger partial charge < -0.3 is 29.6 Å². The fourth-order valence-corrected chi connectivity index (χ4v) is 7.17. The van der Waals surface area contributed by atoms with Crippen molar-refractivity contribution < 1.29 is 43.0 Å². The number of rotatable bonds is 8. The Hall–Kier alpha value is -5.87. The van der Waals surface area contributed by atoms with Crippen molar-refractivity contribution in [3.63, 3.8) is 0 Å². The van der Waals surface area contributed by atoms with Crippen LogP contribution < -0.4 is 26.7 Å². The van der Waals surface area contributed by atoms with Gasteiger partial charge in [0.05, 0.1) is 28.8 Å². The highest BCUT2D eigenvalue weighted by Crippen LogP contribution is 2.40. The van der Waals surface area contributed by atoms with Crippen molar-refractivity contribution in [2.24, 2.45) is 0 Å². The predicted molar refractivity (Wildman–Crippen MR) is 178 cm³/mol. The molecule has 256 valence electrons.